The lowest BCUT2D eigenvalue weighted by Gasteiger charge is -2.42. The average Bonchev–Trinajstić information content (AvgIpc) is 2.90. The Kier molecular flexibility index (Phi) is 5.63. The minimum Gasteiger partial charge on any atom is -0.379 e. The van der Waals surface area contributed by atoms with E-state index in [1.807, 2.05) is 18.4 Å². The number of hydrogen-bond acceptors (Lipinski definition) is 5. The van der Waals surface area contributed by atoms with Crippen molar-refractivity contribution < 1.29 is 17.9 Å². The first-order valence-corrected chi connectivity index (χ1v) is 10.4. The van der Waals surface area contributed by atoms with Crippen LogP contribution in [0.4, 0.5) is 0 Å². The molecule has 0 aliphatic carbocycles. The predicted octanol–water partition coefficient (Wildman–Crippen LogP) is 1.59. The second kappa shape index (κ2) is 7.10. The van der Waals surface area contributed by atoms with Crippen molar-refractivity contribution in [3.63, 3.8) is 0 Å². The predicted molar refractivity (Wildman–Crippen MR) is 87.9 cm³/mol. The van der Waals surface area contributed by atoms with Crippen molar-refractivity contribution in [3.8, 4) is 0 Å². The maximum Gasteiger partial charge on any atom is 0.234 e. The fourth-order valence-corrected chi connectivity index (χ4v) is 4.73. The van der Waals surface area contributed by atoms with Gasteiger partial charge < -0.3 is 9.64 Å². The molecule has 124 valence electrons. The quantitative estimate of drug-likeness (QED) is 0.718. The Bertz CT molecular complexity index is 591. The molecule has 1 saturated heterocycles. The van der Waals surface area contributed by atoms with E-state index >= 15 is 0 Å². The molecule has 1 aliphatic rings. The number of carbonyl (C=O) groups excluding carboxylic acids is 1. The SMILES string of the molecule is CCCN(CCc1cccs1)C(=O)C1(CS(C)(=O)=O)COC1. The normalized spacial score (nSPS) is 17.0. The van der Waals surface area contributed by atoms with E-state index in [4.69, 9.17) is 4.74 Å². The van der Waals surface area contributed by atoms with Gasteiger partial charge in [0.05, 0.1) is 19.0 Å². The molecule has 2 heterocycles. The first-order valence-electron chi connectivity index (χ1n) is 7.43. The van der Waals surface area contributed by atoms with Gasteiger partial charge in [-0.2, -0.15) is 0 Å². The van der Waals surface area contributed by atoms with Crippen LogP contribution in [0.15, 0.2) is 17.5 Å². The third-order valence-corrected chi connectivity index (χ3v) is 5.75. The summed E-state index contributed by atoms with van der Waals surface area (Å²) in [6, 6.07) is 4.05. The number of hydrogen-bond donors (Lipinski definition) is 0. The maximum absolute atomic E-state index is 12.9. The van der Waals surface area contributed by atoms with E-state index in [0.717, 1.165) is 12.8 Å². The third-order valence-electron chi connectivity index (χ3n) is 3.74. The Morgan fingerprint density at radius 1 is 1.41 bits per heavy atom. The fourth-order valence-electron chi connectivity index (χ4n) is 2.74. The van der Waals surface area contributed by atoms with Crippen LogP contribution in [0.2, 0.25) is 0 Å². The highest BCUT2D eigenvalue weighted by molar-refractivity contribution is 7.90. The highest BCUT2D eigenvalue weighted by Crippen LogP contribution is 2.32. The van der Waals surface area contributed by atoms with Gasteiger partial charge in [-0.15, -0.1) is 11.3 Å². The molecule has 7 heteroatoms. The minimum atomic E-state index is -3.22. The summed E-state index contributed by atoms with van der Waals surface area (Å²) in [6.45, 7) is 3.70. The molecule has 5 nitrogen and oxygen atoms in total. The molecule has 0 radical (unpaired) electrons. The first kappa shape index (κ1) is 17.4. The van der Waals surface area contributed by atoms with Crippen LogP contribution in [-0.2, 0) is 25.8 Å². The minimum absolute atomic E-state index is 0.0809. The molecule has 0 atom stereocenters. The van der Waals surface area contributed by atoms with Crippen molar-refractivity contribution in [1.82, 2.24) is 4.90 Å². The number of ether oxygens (including phenoxy) is 1. The number of rotatable bonds is 8. The summed E-state index contributed by atoms with van der Waals surface area (Å²) in [6.07, 6.45) is 2.83. The number of thiophene rings is 1. The van der Waals surface area contributed by atoms with E-state index in [9.17, 15) is 13.2 Å². The second-order valence-electron chi connectivity index (χ2n) is 5.96. The Balaban J connectivity index is 2.07. The highest BCUT2D eigenvalue weighted by atomic mass is 32.2. The Labute approximate surface area is 136 Å². The molecule has 1 aromatic rings. The molecule has 0 N–H and O–H groups in total. The van der Waals surface area contributed by atoms with Crippen LogP contribution in [-0.4, -0.2) is 57.5 Å². The van der Waals surface area contributed by atoms with E-state index in [-0.39, 0.29) is 24.9 Å². The van der Waals surface area contributed by atoms with E-state index in [1.165, 1.54) is 11.1 Å². The summed E-state index contributed by atoms with van der Waals surface area (Å²) in [7, 11) is -3.22. The molecule has 0 saturated carbocycles. The van der Waals surface area contributed by atoms with Gasteiger partial charge in [-0.1, -0.05) is 13.0 Å². The van der Waals surface area contributed by atoms with Crippen molar-refractivity contribution >= 4 is 27.1 Å². The number of carbonyl (C=O) groups is 1. The van der Waals surface area contributed by atoms with Gasteiger partial charge in [0, 0.05) is 24.2 Å². The van der Waals surface area contributed by atoms with Crippen LogP contribution in [0.3, 0.4) is 0 Å². The van der Waals surface area contributed by atoms with Crippen molar-refractivity contribution in [1.29, 1.82) is 0 Å². The van der Waals surface area contributed by atoms with Crippen molar-refractivity contribution in [2.45, 2.75) is 19.8 Å². The van der Waals surface area contributed by atoms with Gasteiger partial charge >= 0.3 is 0 Å². The largest absolute Gasteiger partial charge is 0.379 e. The highest BCUT2D eigenvalue weighted by Gasteiger charge is 2.50. The van der Waals surface area contributed by atoms with Gasteiger partial charge in [0.25, 0.3) is 0 Å². The van der Waals surface area contributed by atoms with Crippen molar-refractivity contribution in [3.05, 3.63) is 22.4 Å². The molecule has 2 rings (SSSR count). The van der Waals surface area contributed by atoms with E-state index in [0.29, 0.717) is 13.1 Å². The molecular formula is C15H23NO4S2. The summed E-state index contributed by atoms with van der Waals surface area (Å²) in [5.74, 6) is -0.208. The summed E-state index contributed by atoms with van der Waals surface area (Å²) in [5.41, 5.74) is -0.877. The van der Waals surface area contributed by atoms with Crippen LogP contribution in [0, 0.1) is 5.41 Å². The summed E-state index contributed by atoms with van der Waals surface area (Å²) >= 11 is 1.67. The average molecular weight is 345 g/mol. The summed E-state index contributed by atoms with van der Waals surface area (Å²) in [4.78, 5) is 15.9. The molecule has 0 bridgehead atoms. The van der Waals surface area contributed by atoms with Gasteiger partial charge in [0.2, 0.25) is 5.91 Å². The van der Waals surface area contributed by atoms with Crippen LogP contribution in [0.25, 0.3) is 0 Å². The monoisotopic (exact) mass is 345 g/mol. The molecular weight excluding hydrogens is 322 g/mol. The Morgan fingerprint density at radius 2 is 2.14 bits per heavy atom. The van der Waals surface area contributed by atoms with Gasteiger partial charge in [-0.05, 0) is 24.3 Å². The molecule has 0 spiro atoms. The van der Waals surface area contributed by atoms with Gasteiger partial charge in [-0.25, -0.2) is 8.42 Å². The first-order chi connectivity index (χ1) is 10.4. The van der Waals surface area contributed by atoms with Crippen molar-refractivity contribution in [2.24, 2.45) is 5.41 Å². The van der Waals surface area contributed by atoms with E-state index in [2.05, 4.69) is 6.07 Å². The third kappa shape index (κ3) is 4.30. The molecule has 1 amide bonds. The van der Waals surface area contributed by atoms with Gasteiger partial charge in [-0.3, -0.25) is 4.79 Å². The summed E-state index contributed by atoms with van der Waals surface area (Å²) in [5, 5.41) is 2.02. The molecule has 0 aromatic carbocycles. The zero-order valence-corrected chi connectivity index (χ0v) is 14.7. The molecule has 1 fully saturated rings. The van der Waals surface area contributed by atoms with E-state index in [1.54, 1.807) is 16.2 Å². The lowest BCUT2D eigenvalue weighted by molar-refractivity contribution is -0.168. The maximum atomic E-state index is 12.9. The molecule has 0 unspecified atom stereocenters. The fraction of sp³-hybridized carbons (Fsp3) is 0.667. The zero-order chi connectivity index (χ0) is 16.2. The van der Waals surface area contributed by atoms with E-state index < -0.39 is 15.3 Å². The molecule has 22 heavy (non-hydrogen) atoms. The van der Waals surface area contributed by atoms with Crippen LogP contribution in [0.5, 0.6) is 0 Å². The Hall–Kier alpha value is -0.920. The smallest absolute Gasteiger partial charge is 0.234 e. The topological polar surface area (TPSA) is 63.7 Å². The number of nitrogens with zero attached hydrogens (tertiary/aromatic N) is 1. The standard InChI is InChI=1S/C15H23NO4S2/c1-3-7-16(8-6-13-5-4-9-21-13)14(17)15(10-20-11-15)12-22(2,18)19/h4-5,9H,3,6-8,10-12H2,1-2H3. The Morgan fingerprint density at radius 3 is 2.59 bits per heavy atom. The zero-order valence-electron chi connectivity index (χ0n) is 13.1. The summed E-state index contributed by atoms with van der Waals surface area (Å²) < 4.78 is 28.5. The van der Waals surface area contributed by atoms with Crippen molar-refractivity contribution in [2.75, 3.05) is 38.3 Å². The van der Waals surface area contributed by atoms with Gasteiger partial charge in [0.15, 0.2) is 0 Å². The van der Waals surface area contributed by atoms with Crippen LogP contribution < -0.4 is 0 Å². The molecule has 1 aliphatic heterocycles. The lowest BCUT2D eigenvalue weighted by atomic mass is 9.86. The second-order valence-corrected chi connectivity index (χ2v) is 9.14. The number of amides is 1. The molecule has 1 aromatic heterocycles. The van der Waals surface area contributed by atoms with Gasteiger partial charge in [0.1, 0.15) is 15.3 Å². The van der Waals surface area contributed by atoms with Crippen LogP contribution in [0.1, 0.15) is 18.2 Å². The number of sulfone groups is 1. The van der Waals surface area contributed by atoms with Crippen LogP contribution >= 0.6 is 11.3 Å². The lowest BCUT2D eigenvalue weighted by Crippen LogP contribution is -2.59.